The lowest BCUT2D eigenvalue weighted by molar-refractivity contribution is 0.424. The number of rotatable bonds is 3. The third-order valence-electron chi connectivity index (χ3n) is 5.84. The van der Waals surface area contributed by atoms with Crippen LogP contribution in [0.2, 0.25) is 0 Å². The second-order valence-electron chi connectivity index (χ2n) is 7.52. The Hall–Kier alpha value is -3.97. The number of hydrogen-bond donors (Lipinski definition) is 1. The van der Waals surface area contributed by atoms with E-state index < -0.39 is 0 Å². The van der Waals surface area contributed by atoms with Crippen LogP contribution in [0, 0.1) is 11.3 Å². The average Bonchev–Trinajstić information content (AvgIpc) is 3.38. The number of benzene rings is 1. The Morgan fingerprint density at radius 3 is 2.78 bits per heavy atom. The molecule has 1 fully saturated rings. The number of fused-ring (bicyclic) bond motifs is 2. The minimum atomic E-state index is -0.187. The van der Waals surface area contributed by atoms with Crippen molar-refractivity contribution in [3.63, 3.8) is 0 Å². The highest BCUT2D eigenvalue weighted by Crippen LogP contribution is 2.39. The van der Waals surface area contributed by atoms with Crippen molar-refractivity contribution in [3.8, 4) is 11.8 Å². The number of hydrogen-bond acceptors (Lipinski definition) is 6. The van der Waals surface area contributed by atoms with Crippen LogP contribution in [0.4, 0.5) is 5.82 Å². The molecule has 156 valence electrons. The van der Waals surface area contributed by atoms with Gasteiger partial charge in [0, 0.05) is 18.9 Å². The Morgan fingerprint density at radius 2 is 2.03 bits per heavy atom. The molecule has 0 unspecified atom stereocenters. The van der Waals surface area contributed by atoms with E-state index in [1.165, 1.54) is 6.33 Å². The number of anilines is 1. The molecule has 9 nitrogen and oxygen atoms in total. The van der Waals surface area contributed by atoms with Gasteiger partial charge in [0.2, 0.25) is 0 Å². The zero-order valence-electron chi connectivity index (χ0n) is 16.6. The molecule has 0 aliphatic carbocycles. The van der Waals surface area contributed by atoms with Gasteiger partial charge in [0.25, 0.3) is 5.56 Å². The first-order valence-corrected chi connectivity index (χ1v) is 10.8. The smallest absolute Gasteiger partial charge is 0.283 e. The van der Waals surface area contributed by atoms with Gasteiger partial charge in [0.1, 0.15) is 29.4 Å². The van der Waals surface area contributed by atoms with Gasteiger partial charge < -0.3 is 9.88 Å². The minimum absolute atomic E-state index is 0.155. The van der Waals surface area contributed by atoms with E-state index in [2.05, 4.69) is 41.9 Å². The van der Waals surface area contributed by atoms with Crippen molar-refractivity contribution < 1.29 is 0 Å². The highest BCUT2D eigenvalue weighted by Gasteiger charge is 2.37. The van der Waals surface area contributed by atoms with Gasteiger partial charge in [-0.2, -0.15) is 10.4 Å². The SMILES string of the molecule is N#Cc1c[nH]c2ncnc(N3CC[C@H]3c3nn4ccc(Br)c4c(=O)n3-c3ccccc3)c12. The second kappa shape index (κ2) is 7.03. The van der Waals surface area contributed by atoms with Gasteiger partial charge in [-0.15, -0.1) is 0 Å². The van der Waals surface area contributed by atoms with Crippen LogP contribution >= 0.6 is 15.9 Å². The Kier molecular flexibility index (Phi) is 4.13. The lowest BCUT2D eigenvalue weighted by Crippen LogP contribution is -2.45. The number of aromatic amines is 1. The van der Waals surface area contributed by atoms with Crippen LogP contribution in [0.5, 0.6) is 0 Å². The first-order chi connectivity index (χ1) is 15.7. The van der Waals surface area contributed by atoms with Crippen molar-refractivity contribution in [3.05, 3.63) is 81.3 Å². The third kappa shape index (κ3) is 2.61. The molecule has 1 N–H and O–H groups in total. The Morgan fingerprint density at radius 1 is 1.19 bits per heavy atom. The van der Waals surface area contributed by atoms with E-state index in [0.29, 0.717) is 38.2 Å². The third-order valence-corrected chi connectivity index (χ3v) is 6.48. The summed E-state index contributed by atoms with van der Waals surface area (Å²) in [6.45, 7) is 0.727. The summed E-state index contributed by atoms with van der Waals surface area (Å²) in [5.74, 6) is 1.27. The zero-order chi connectivity index (χ0) is 21.8. The van der Waals surface area contributed by atoms with Gasteiger partial charge in [-0.3, -0.25) is 9.36 Å². The van der Waals surface area contributed by atoms with Gasteiger partial charge in [0.15, 0.2) is 5.82 Å². The minimum Gasteiger partial charge on any atom is -0.345 e. The molecule has 1 aromatic carbocycles. The van der Waals surface area contributed by atoms with Gasteiger partial charge in [-0.05, 0) is 40.5 Å². The van der Waals surface area contributed by atoms with Crippen molar-refractivity contribution in [2.45, 2.75) is 12.5 Å². The first kappa shape index (κ1) is 18.8. The van der Waals surface area contributed by atoms with Crippen LogP contribution < -0.4 is 10.5 Å². The molecule has 5 aromatic rings. The van der Waals surface area contributed by atoms with Crippen molar-refractivity contribution in [1.29, 1.82) is 5.26 Å². The average molecular weight is 487 g/mol. The molecule has 4 aromatic heterocycles. The number of halogens is 1. The molecule has 0 bridgehead atoms. The normalized spacial score (nSPS) is 15.8. The number of nitrogens with one attached hydrogen (secondary N) is 1. The molecule has 1 saturated heterocycles. The summed E-state index contributed by atoms with van der Waals surface area (Å²) >= 11 is 3.47. The highest BCUT2D eigenvalue weighted by molar-refractivity contribution is 9.10. The number of aromatic nitrogens is 6. The molecule has 1 aliphatic rings. The Bertz CT molecular complexity index is 1590. The van der Waals surface area contributed by atoms with Crippen LogP contribution in [0.15, 0.2) is 64.4 Å². The fourth-order valence-corrected chi connectivity index (χ4v) is 4.72. The summed E-state index contributed by atoms with van der Waals surface area (Å²) in [6.07, 6.45) is 5.68. The molecule has 6 rings (SSSR count). The molecule has 10 heteroatoms. The van der Waals surface area contributed by atoms with E-state index in [9.17, 15) is 10.1 Å². The molecular formula is C22H15BrN8O. The van der Waals surface area contributed by atoms with Gasteiger partial charge >= 0.3 is 0 Å². The maximum absolute atomic E-state index is 13.6. The van der Waals surface area contributed by atoms with Crippen molar-refractivity contribution in [1.82, 2.24) is 29.1 Å². The summed E-state index contributed by atoms with van der Waals surface area (Å²) in [5.41, 5.74) is 2.16. The Labute approximate surface area is 189 Å². The van der Waals surface area contributed by atoms with Crippen LogP contribution in [0.3, 0.4) is 0 Å². The van der Waals surface area contributed by atoms with Crippen LogP contribution in [-0.2, 0) is 0 Å². The highest BCUT2D eigenvalue weighted by atomic mass is 79.9. The topological polar surface area (TPSA) is 108 Å². The zero-order valence-corrected chi connectivity index (χ0v) is 18.2. The van der Waals surface area contributed by atoms with E-state index in [4.69, 9.17) is 5.10 Å². The molecular weight excluding hydrogens is 472 g/mol. The molecule has 0 saturated carbocycles. The summed E-state index contributed by atoms with van der Waals surface area (Å²) in [6, 6.07) is 13.3. The first-order valence-electron chi connectivity index (χ1n) is 10.0. The monoisotopic (exact) mass is 486 g/mol. The van der Waals surface area contributed by atoms with Crippen LogP contribution in [0.1, 0.15) is 23.9 Å². The maximum Gasteiger partial charge on any atom is 0.283 e. The van der Waals surface area contributed by atoms with Gasteiger partial charge in [0.05, 0.1) is 27.2 Å². The molecule has 5 heterocycles. The molecule has 1 aliphatic heterocycles. The van der Waals surface area contributed by atoms with Gasteiger partial charge in [-0.1, -0.05) is 18.2 Å². The second-order valence-corrected chi connectivity index (χ2v) is 8.38. The molecule has 0 radical (unpaired) electrons. The van der Waals surface area contributed by atoms with E-state index in [-0.39, 0.29) is 11.6 Å². The predicted octanol–water partition coefficient (Wildman–Crippen LogP) is 3.34. The summed E-state index contributed by atoms with van der Waals surface area (Å²) in [5, 5.41) is 15.1. The van der Waals surface area contributed by atoms with Crippen LogP contribution in [-0.4, -0.2) is 35.7 Å². The fourth-order valence-electron chi connectivity index (χ4n) is 4.25. The summed E-state index contributed by atoms with van der Waals surface area (Å²) in [7, 11) is 0. The van der Waals surface area contributed by atoms with E-state index in [1.807, 2.05) is 36.4 Å². The lowest BCUT2D eigenvalue weighted by Gasteiger charge is -2.42. The quantitative estimate of drug-likeness (QED) is 0.418. The predicted molar refractivity (Wildman–Crippen MR) is 122 cm³/mol. The van der Waals surface area contributed by atoms with E-state index >= 15 is 0 Å². The number of para-hydroxylation sites is 1. The molecule has 32 heavy (non-hydrogen) atoms. The molecule has 0 spiro atoms. The summed E-state index contributed by atoms with van der Waals surface area (Å²) in [4.78, 5) is 27.4. The van der Waals surface area contributed by atoms with Gasteiger partial charge in [-0.25, -0.2) is 14.5 Å². The standard InChI is InChI=1S/C22H15BrN8O/c23-15-6-9-30-18(15)22(32)31(14-4-2-1-3-5-14)20(28-30)16-7-8-29(16)21-17-13(10-24)11-25-19(17)26-12-27-21/h1-6,9,11-12,16H,7-8H2,(H,25,26,27)/t16-/m0/s1. The number of H-pyrrole nitrogens is 1. The van der Waals surface area contributed by atoms with E-state index in [0.717, 1.165) is 18.7 Å². The molecule has 0 amide bonds. The van der Waals surface area contributed by atoms with Crippen molar-refractivity contribution in [2.75, 3.05) is 11.4 Å². The van der Waals surface area contributed by atoms with Crippen molar-refractivity contribution in [2.24, 2.45) is 0 Å². The summed E-state index contributed by atoms with van der Waals surface area (Å²) < 4.78 is 3.97. The lowest BCUT2D eigenvalue weighted by atomic mass is 10.0. The number of nitriles is 1. The Balaban J connectivity index is 1.58. The largest absolute Gasteiger partial charge is 0.345 e. The van der Waals surface area contributed by atoms with E-state index in [1.54, 1.807) is 21.5 Å². The fraction of sp³-hybridized carbons (Fsp3) is 0.136. The molecule has 1 atom stereocenters. The van der Waals surface area contributed by atoms with Crippen LogP contribution in [0.25, 0.3) is 22.2 Å². The van der Waals surface area contributed by atoms with Crippen molar-refractivity contribution >= 4 is 38.3 Å². The number of nitrogens with zero attached hydrogens (tertiary/aromatic N) is 7. The maximum atomic E-state index is 13.6.